The van der Waals surface area contributed by atoms with E-state index in [2.05, 4.69) is 41.3 Å². The zero-order valence-electron chi connectivity index (χ0n) is 9.36. The molecule has 0 fully saturated rings. The Kier molecular flexibility index (Phi) is 5.47. The van der Waals surface area contributed by atoms with E-state index >= 15 is 0 Å². The van der Waals surface area contributed by atoms with Gasteiger partial charge in [0.1, 0.15) is 12.4 Å². The average Bonchev–Trinajstić information content (AvgIpc) is 2.28. The first kappa shape index (κ1) is 13.5. The van der Waals surface area contributed by atoms with E-state index in [9.17, 15) is 4.79 Å². The number of primary amides is 1. The maximum absolute atomic E-state index is 10.3. The molecule has 1 rings (SSSR count). The molecular formula is C9H14BrN5O2. The number of hydrogen-bond donors (Lipinski definition) is 3. The fourth-order valence-corrected chi connectivity index (χ4v) is 1.39. The summed E-state index contributed by atoms with van der Waals surface area (Å²) in [4.78, 5) is 18.6. The lowest BCUT2D eigenvalue weighted by Gasteiger charge is -2.09. The predicted molar refractivity (Wildman–Crippen MR) is 67.9 cm³/mol. The molecule has 94 valence electrons. The van der Waals surface area contributed by atoms with Crippen molar-refractivity contribution in [2.24, 2.45) is 5.73 Å². The largest absolute Gasteiger partial charge is 0.448 e. The number of nitrogens with two attached hydrogens (primary N) is 1. The van der Waals surface area contributed by atoms with E-state index in [4.69, 9.17) is 5.73 Å². The molecule has 0 spiro atoms. The number of carbonyl (C=O) groups is 1. The van der Waals surface area contributed by atoms with Gasteiger partial charge in [0.2, 0.25) is 5.95 Å². The Morgan fingerprint density at radius 3 is 3.00 bits per heavy atom. The Bertz CT molecular complexity index is 388. The second kappa shape index (κ2) is 6.89. The number of carbonyl (C=O) groups excluding carboxylic acids is 1. The van der Waals surface area contributed by atoms with Crippen LogP contribution in [0.15, 0.2) is 10.7 Å². The number of nitrogens with zero attached hydrogens (tertiary/aromatic N) is 2. The van der Waals surface area contributed by atoms with Gasteiger partial charge in [-0.25, -0.2) is 9.78 Å². The molecule has 0 aliphatic rings. The van der Waals surface area contributed by atoms with E-state index in [-0.39, 0.29) is 6.61 Å². The van der Waals surface area contributed by atoms with Crippen LogP contribution in [0.25, 0.3) is 0 Å². The van der Waals surface area contributed by atoms with Crippen LogP contribution in [0.5, 0.6) is 0 Å². The number of halogens is 1. The summed E-state index contributed by atoms with van der Waals surface area (Å²) in [6, 6.07) is 0. The van der Waals surface area contributed by atoms with Crippen molar-refractivity contribution in [2.45, 2.75) is 6.92 Å². The van der Waals surface area contributed by atoms with Crippen LogP contribution in [0.3, 0.4) is 0 Å². The molecule has 1 heterocycles. The summed E-state index contributed by atoms with van der Waals surface area (Å²) in [6.45, 7) is 3.30. The van der Waals surface area contributed by atoms with Gasteiger partial charge in [0, 0.05) is 12.7 Å². The molecular weight excluding hydrogens is 290 g/mol. The molecule has 0 aliphatic heterocycles. The molecule has 0 atom stereocenters. The van der Waals surface area contributed by atoms with Crippen molar-refractivity contribution in [3.05, 3.63) is 10.7 Å². The van der Waals surface area contributed by atoms with Gasteiger partial charge in [0.05, 0.1) is 11.0 Å². The Labute approximate surface area is 107 Å². The summed E-state index contributed by atoms with van der Waals surface area (Å²) in [6.07, 6.45) is 0.851. The average molecular weight is 304 g/mol. The SMILES string of the molecule is CCNc1ncc(Br)c(NCCOC(N)=O)n1. The lowest BCUT2D eigenvalue weighted by Crippen LogP contribution is -2.19. The normalized spacial score (nSPS) is 9.76. The van der Waals surface area contributed by atoms with E-state index in [1.807, 2.05) is 6.92 Å². The van der Waals surface area contributed by atoms with Crippen molar-refractivity contribution >= 4 is 33.8 Å². The summed E-state index contributed by atoms with van der Waals surface area (Å²) >= 11 is 3.31. The minimum atomic E-state index is -0.790. The van der Waals surface area contributed by atoms with Crippen LogP contribution >= 0.6 is 15.9 Å². The zero-order valence-corrected chi connectivity index (χ0v) is 11.0. The first-order chi connectivity index (χ1) is 8.13. The molecule has 0 saturated carbocycles. The van der Waals surface area contributed by atoms with Crippen LogP contribution in [0.2, 0.25) is 0 Å². The minimum Gasteiger partial charge on any atom is -0.448 e. The molecule has 0 bridgehead atoms. The molecule has 1 aromatic rings. The smallest absolute Gasteiger partial charge is 0.404 e. The summed E-state index contributed by atoms with van der Waals surface area (Å²) < 4.78 is 5.32. The summed E-state index contributed by atoms with van der Waals surface area (Å²) in [5.74, 6) is 1.16. The third-order valence-electron chi connectivity index (χ3n) is 1.72. The molecule has 0 unspecified atom stereocenters. The quantitative estimate of drug-likeness (QED) is 0.682. The molecule has 8 heteroatoms. The highest BCUT2D eigenvalue weighted by Gasteiger charge is 2.04. The van der Waals surface area contributed by atoms with Crippen LogP contribution in [-0.2, 0) is 4.74 Å². The maximum Gasteiger partial charge on any atom is 0.404 e. The van der Waals surface area contributed by atoms with Crippen molar-refractivity contribution in [1.29, 1.82) is 0 Å². The minimum absolute atomic E-state index is 0.183. The van der Waals surface area contributed by atoms with Crippen molar-refractivity contribution < 1.29 is 9.53 Å². The third kappa shape index (κ3) is 4.85. The zero-order chi connectivity index (χ0) is 12.7. The topological polar surface area (TPSA) is 102 Å². The fraction of sp³-hybridized carbons (Fsp3) is 0.444. The highest BCUT2D eigenvalue weighted by Crippen LogP contribution is 2.19. The van der Waals surface area contributed by atoms with Crippen molar-refractivity contribution in [1.82, 2.24) is 9.97 Å². The highest BCUT2D eigenvalue weighted by molar-refractivity contribution is 9.10. The monoisotopic (exact) mass is 303 g/mol. The highest BCUT2D eigenvalue weighted by atomic mass is 79.9. The van der Waals surface area contributed by atoms with E-state index < -0.39 is 6.09 Å². The van der Waals surface area contributed by atoms with Gasteiger partial charge in [0.25, 0.3) is 0 Å². The number of ether oxygens (including phenoxy) is 1. The molecule has 0 aliphatic carbocycles. The van der Waals surface area contributed by atoms with Gasteiger partial charge in [-0.05, 0) is 22.9 Å². The van der Waals surface area contributed by atoms with E-state index in [1.54, 1.807) is 6.20 Å². The van der Waals surface area contributed by atoms with Crippen LogP contribution in [0.1, 0.15) is 6.92 Å². The van der Waals surface area contributed by atoms with Gasteiger partial charge in [0.15, 0.2) is 0 Å². The summed E-state index contributed by atoms with van der Waals surface area (Å²) in [5, 5.41) is 5.99. The van der Waals surface area contributed by atoms with E-state index in [0.717, 1.165) is 11.0 Å². The maximum atomic E-state index is 10.3. The van der Waals surface area contributed by atoms with Crippen molar-refractivity contribution in [3.8, 4) is 0 Å². The molecule has 0 saturated heterocycles. The lowest BCUT2D eigenvalue weighted by molar-refractivity contribution is 0.161. The number of rotatable bonds is 6. The van der Waals surface area contributed by atoms with Gasteiger partial charge in [-0.2, -0.15) is 4.98 Å². The number of hydrogen-bond acceptors (Lipinski definition) is 6. The molecule has 0 radical (unpaired) electrons. The second-order valence-corrected chi connectivity index (χ2v) is 3.87. The first-order valence-corrected chi connectivity index (χ1v) is 5.85. The van der Waals surface area contributed by atoms with Gasteiger partial charge in [-0.15, -0.1) is 0 Å². The number of amides is 1. The molecule has 1 amide bonds. The molecule has 4 N–H and O–H groups in total. The predicted octanol–water partition coefficient (Wildman–Crippen LogP) is 1.18. The Morgan fingerprint density at radius 1 is 1.59 bits per heavy atom. The van der Waals surface area contributed by atoms with Crippen LogP contribution < -0.4 is 16.4 Å². The van der Waals surface area contributed by atoms with Gasteiger partial charge >= 0.3 is 6.09 Å². The molecule has 17 heavy (non-hydrogen) atoms. The molecule has 1 aromatic heterocycles. The van der Waals surface area contributed by atoms with Crippen molar-refractivity contribution in [3.63, 3.8) is 0 Å². The lowest BCUT2D eigenvalue weighted by atomic mass is 10.5. The molecule has 7 nitrogen and oxygen atoms in total. The van der Waals surface area contributed by atoms with E-state index in [0.29, 0.717) is 18.3 Å². The van der Waals surface area contributed by atoms with Crippen LogP contribution in [0.4, 0.5) is 16.6 Å². The summed E-state index contributed by atoms with van der Waals surface area (Å²) in [7, 11) is 0. The molecule has 0 aromatic carbocycles. The number of aromatic nitrogens is 2. The Morgan fingerprint density at radius 2 is 2.35 bits per heavy atom. The fourth-order valence-electron chi connectivity index (χ4n) is 1.06. The van der Waals surface area contributed by atoms with Gasteiger partial charge in [-0.3, -0.25) is 0 Å². The first-order valence-electron chi connectivity index (χ1n) is 5.06. The Balaban J connectivity index is 2.51. The van der Waals surface area contributed by atoms with Crippen LogP contribution in [-0.4, -0.2) is 35.8 Å². The number of nitrogens with one attached hydrogen (secondary N) is 2. The summed E-state index contributed by atoms with van der Waals surface area (Å²) in [5.41, 5.74) is 4.83. The number of anilines is 2. The van der Waals surface area contributed by atoms with Gasteiger partial charge in [-0.1, -0.05) is 0 Å². The third-order valence-corrected chi connectivity index (χ3v) is 2.30. The van der Waals surface area contributed by atoms with Crippen molar-refractivity contribution in [2.75, 3.05) is 30.3 Å². The van der Waals surface area contributed by atoms with Gasteiger partial charge < -0.3 is 21.1 Å². The van der Waals surface area contributed by atoms with E-state index in [1.165, 1.54) is 0 Å². The van der Waals surface area contributed by atoms with Crippen LogP contribution in [0, 0.1) is 0 Å². The second-order valence-electron chi connectivity index (χ2n) is 3.01. The standard InChI is InChI=1S/C9H14BrN5O2/c1-2-12-9-14-5-6(10)7(15-9)13-3-4-17-8(11)16/h5H,2-4H2,1H3,(H2,11,16)(H2,12,13,14,15). The Hall–Kier alpha value is -1.57.